The molecule has 0 aliphatic carbocycles. The largest absolute Gasteiger partial charge is 0.311 e. The number of piperazine rings is 1. The maximum atomic E-state index is 7.40. The van der Waals surface area contributed by atoms with Gasteiger partial charge in [0.1, 0.15) is 1.41 Å². The van der Waals surface area contributed by atoms with Crippen molar-refractivity contribution in [3.8, 4) is 0 Å². The molecule has 1 heterocycles. The fraction of sp³-hybridized carbons (Fsp3) is 1.00. The van der Waals surface area contributed by atoms with Crippen molar-refractivity contribution in [2.24, 2.45) is 0 Å². The van der Waals surface area contributed by atoms with Gasteiger partial charge in [0.05, 0.1) is 0 Å². The molecule has 1 saturated heterocycles. The standard InChI is InChI=1S/C6H14N2/c1-5-3-8-6(2)4-7-5/h5-8H,3-4H2,1-2H3/i/hD. The molecule has 2 nitrogen and oxygen atoms in total. The second kappa shape index (κ2) is 2.46. The first-order chi connectivity index (χ1) is 4.20. The van der Waals surface area contributed by atoms with Gasteiger partial charge in [-0.3, -0.25) is 0 Å². The van der Waals surface area contributed by atoms with E-state index in [1.807, 2.05) is 0 Å². The summed E-state index contributed by atoms with van der Waals surface area (Å²) in [5.74, 6) is 0. The minimum absolute atomic E-state index is 0.376. The number of hydrogen-bond donors (Lipinski definition) is 2. The van der Waals surface area contributed by atoms with E-state index in [0.29, 0.717) is 12.1 Å². The minimum Gasteiger partial charge on any atom is -0.311 e. The van der Waals surface area contributed by atoms with Gasteiger partial charge in [0.2, 0.25) is 0 Å². The Labute approximate surface area is 52.1 Å². The van der Waals surface area contributed by atoms with Crippen LogP contribution in [0.4, 0.5) is 0 Å². The lowest BCUT2D eigenvalue weighted by atomic mass is 10.2. The molecule has 1 aliphatic heterocycles. The van der Waals surface area contributed by atoms with Gasteiger partial charge in [-0.25, -0.2) is 0 Å². The molecule has 0 aromatic rings. The first-order valence-electron chi connectivity index (χ1n) is 3.64. The first kappa shape index (κ1) is 4.77. The summed E-state index contributed by atoms with van der Waals surface area (Å²) in [7, 11) is 0. The van der Waals surface area contributed by atoms with Gasteiger partial charge in [-0.1, -0.05) is 0 Å². The van der Waals surface area contributed by atoms with Gasteiger partial charge in [-0.15, -0.1) is 0 Å². The highest BCUT2D eigenvalue weighted by molar-refractivity contribution is 4.76. The van der Waals surface area contributed by atoms with Crippen molar-refractivity contribution in [2.45, 2.75) is 25.9 Å². The molecule has 2 heteroatoms. The second-order valence-electron chi connectivity index (χ2n) is 2.52. The molecule has 0 amide bonds. The first-order valence-corrected chi connectivity index (χ1v) is 3.19. The van der Waals surface area contributed by atoms with Crippen molar-refractivity contribution in [3.05, 3.63) is 0 Å². The highest BCUT2D eigenvalue weighted by Gasteiger charge is 2.10. The van der Waals surface area contributed by atoms with E-state index in [9.17, 15) is 0 Å². The molecule has 2 N–H and O–H groups in total. The topological polar surface area (TPSA) is 24.1 Å². The molecular weight excluding hydrogens is 100 g/mol. The number of hydrogen-bond acceptors (Lipinski definition) is 2. The van der Waals surface area contributed by atoms with Gasteiger partial charge in [0.25, 0.3) is 0 Å². The van der Waals surface area contributed by atoms with Crippen LogP contribution in [0.25, 0.3) is 0 Å². The average Bonchev–Trinajstić information content (AvgIpc) is 1.80. The van der Waals surface area contributed by atoms with Crippen molar-refractivity contribution in [2.75, 3.05) is 13.1 Å². The minimum atomic E-state index is 0.376. The Bertz CT molecular complexity index is 97.1. The number of nitrogens with one attached hydrogen (secondary N) is 2. The fourth-order valence-corrected chi connectivity index (χ4v) is 0.839. The van der Waals surface area contributed by atoms with Gasteiger partial charge >= 0.3 is 0 Å². The van der Waals surface area contributed by atoms with E-state index in [0.717, 1.165) is 13.1 Å². The van der Waals surface area contributed by atoms with Crippen LogP contribution in [0.1, 0.15) is 13.8 Å². The van der Waals surface area contributed by atoms with Crippen LogP contribution in [0.2, 0.25) is 1.41 Å². The van der Waals surface area contributed by atoms with E-state index in [1.54, 1.807) is 5.31 Å². The fourth-order valence-electron chi connectivity index (χ4n) is 0.839. The summed E-state index contributed by atoms with van der Waals surface area (Å²) < 4.78 is 7.40. The summed E-state index contributed by atoms with van der Waals surface area (Å²) in [5, 5.41) is 4.94. The number of rotatable bonds is 0. The molecule has 0 radical (unpaired) electrons. The van der Waals surface area contributed by atoms with Gasteiger partial charge in [0.15, 0.2) is 0 Å². The van der Waals surface area contributed by atoms with Gasteiger partial charge in [-0.05, 0) is 13.8 Å². The van der Waals surface area contributed by atoms with E-state index in [4.69, 9.17) is 1.41 Å². The molecule has 8 heavy (non-hydrogen) atoms. The van der Waals surface area contributed by atoms with E-state index < -0.39 is 0 Å². The van der Waals surface area contributed by atoms with E-state index in [2.05, 4.69) is 19.2 Å². The molecule has 1 fully saturated rings. The third kappa shape index (κ3) is 1.46. The highest BCUT2D eigenvalue weighted by atomic mass is 15.1. The Balaban J connectivity index is 2.35. The Morgan fingerprint density at radius 1 is 1.38 bits per heavy atom. The molecule has 2 atom stereocenters. The van der Waals surface area contributed by atoms with Crippen LogP contribution < -0.4 is 10.6 Å². The van der Waals surface area contributed by atoms with E-state index >= 15 is 0 Å². The summed E-state index contributed by atoms with van der Waals surface area (Å²) in [6.45, 7) is 5.96. The van der Waals surface area contributed by atoms with Crippen LogP contribution in [-0.4, -0.2) is 25.2 Å². The predicted molar refractivity (Wildman–Crippen MR) is 34.9 cm³/mol. The summed E-state index contributed by atoms with van der Waals surface area (Å²) in [6.07, 6.45) is 0. The lowest BCUT2D eigenvalue weighted by Gasteiger charge is -2.26. The molecule has 0 saturated carbocycles. The zero-order chi connectivity index (χ0) is 6.85. The average molecular weight is 115 g/mol. The Morgan fingerprint density at radius 2 is 2.12 bits per heavy atom. The smallest absolute Gasteiger partial charge is 0.123 e. The molecule has 0 spiro atoms. The SMILES string of the molecule is [2H]N1CC(C)NCC1C. The molecule has 0 aromatic carbocycles. The van der Waals surface area contributed by atoms with Crippen molar-refractivity contribution in [1.82, 2.24) is 10.6 Å². The van der Waals surface area contributed by atoms with E-state index in [1.165, 1.54) is 0 Å². The second-order valence-corrected chi connectivity index (χ2v) is 2.52. The third-order valence-electron chi connectivity index (χ3n) is 1.45. The van der Waals surface area contributed by atoms with Crippen LogP contribution in [0, 0.1) is 0 Å². The van der Waals surface area contributed by atoms with Crippen LogP contribution >= 0.6 is 0 Å². The summed E-state index contributed by atoms with van der Waals surface area (Å²) in [5.41, 5.74) is 0. The Hall–Kier alpha value is -0.0800. The lowest BCUT2D eigenvalue weighted by molar-refractivity contribution is 0.376. The quantitative estimate of drug-likeness (QED) is 0.463. The van der Waals surface area contributed by atoms with Crippen molar-refractivity contribution < 1.29 is 1.41 Å². The molecule has 2 unspecified atom stereocenters. The monoisotopic (exact) mass is 115 g/mol. The molecule has 0 aromatic heterocycles. The van der Waals surface area contributed by atoms with Crippen molar-refractivity contribution >= 4 is 0 Å². The van der Waals surface area contributed by atoms with Gasteiger partial charge in [0, 0.05) is 25.2 Å². The molecule has 1 aliphatic rings. The Morgan fingerprint density at radius 3 is 2.62 bits per heavy atom. The zero-order valence-electron chi connectivity index (χ0n) is 6.52. The molecule has 1 rings (SSSR count). The van der Waals surface area contributed by atoms with E-state index in [-0.39, 0.29) is 0 Å². The molecule has 0 bridgehead atoms. The molecular formula is C6H14N2. The highest BCUT2D eigenvalue weighted by Crippen LogP contribution is 1.89. The summed E-state index contributed by atoms with van der Waals surface area (Å²) in [6, 6.07) is 0.861. The summed E-state index contributed by atoms with van der Waals surface area (Å²) >= 11 is 0. The normalized spacial score (nSPS) is 44.0. The predicted octanol–water partition coefficient (Wildman–Crippen LogP) is -0.0438. The van der Waals surface area contributed by atoms with Crippen LogP contribution in [-0.2, 0) is 0 Å². The van der Waals surface area contributed by atoms with Crippen molar-refractivity contribution in [1.29, 1.82) is 0 Å². The maximum absolute atomic E-state index is 7.40. The third-order valence-corrected chi connectivity index (χ3v) is 1.45. The zero-order valence-corrected chi connectivity index (χ0v) is 5.52. The Kier molecular flexibility index (Phi) is 1.47. The van der Waals surface area contributed by atoms with Crippen LogP contribution in [0.15, 0.2) is 0 Å². The van der Waals surface area contributed by atoms with Crippen LogP contribution in [0.5, 0.6) is 0 Å². The van der Waals surface area contributed by atoms with Crippen molar-refractivity contribution in [3.63, 3.8) is 0 Å². The van der Waals surface area contributed by atoms with Gasteiger partial charge in [-0.2, -0.15) is 0 Å². The lowest BCUT2D eigenvalue weighted by Crippen LogP contribution is -2.51. The maximum Gasteiger partial charge on any atom is 0.123 e. The van der Waals surface area contributed by atoms with Crippen LogP contribution in [0.3, 0.4) is 0 Å². The molecule has 48 valence electrons. The summed E-state index contributed by atoms with van der Waals surface area (Å²) in [4.78, 5) is 0. The van der Waals surface area contributed by atoms with Gasteiger partial charge < -0.3 is 10.6 Å².